The fraction of sp³-hybridized carbons (Fsp3) is 0.172. The second-order valence-electron chi connectivity index (χ2n) is 8.94. The molecule has 186 valence electrons. The first-order valence-corrected chi connectivity index (χ1v) is 14.7. The van der Waals surface area contributed by atoms with Crippen LogP contribution in [0.5, 0.6) is 11.5 Å². The van der Waals surface area contributed by atoms with Crippen LogP contribution in [0, 0.1) is 0 Å². The molecule has 0 radical (unpaired) electrons. The first kappa shape index (κ1) is 24.3. The Kier molecular flexibility index (Phi) is 6.34. The van der Waals surface area contributed by atoms with E-state index in [9.17, 15) is 9.90 Å². The van der Waals surface area contributed by atoms with E-state index in [4.69, 9.17) is 9.73 Å². The van der Waals surface area contributed by atoms with Gasteiger partial charge in [0.1, 0.15) is 0 Å². The fourth-order valence-corrected chi connectivity index (χ4v) is 6.96. The van der Waals surface area contributed by atoms with Gasteiger partial charge in [0.2, 0.25) is 0 Å². The topological polar surface area (TPSA) is 63.8 Å². The van der Waals surface area contributed by atoms with Crippen LogP contribution in [0.15, 0.2) is 85.4 Å². The second kappa shape index (κ2) is 9.67. The van der Waals surface area contributed by atoms with Crippen molar-refractivity contribution in [2.75, 3.05) is 13.4 Å². The van der Waals surface area contributed by atoms with Crippen molar-refractivity contribution < 1.29 is 9.84 Å². The highest BCUT2D eigenvalue weighted by molar-refractivity contribution is 9.10. The summed E-state index contributed by atoms with van der Waals surface area (Å²) in [6, 6.07) is 20.2. The number of fused-ring (bicyclic) bond motifs is 3. The van der Waals surface area contributed by atoms with Crippen molar-refractivity contribution in [2.45, 2.75) is 23.8 Å². The lowest BCUT2D eigenvalue weighted by atomic mass is 9.83. The molecular weight excluding hydrogens is 568 g/mol. The van der Waals surface area contributed by atoms with Crippen LogP contribution in [0.3, 0.4) is 0 Å². The lowest BCUT2D eigenvalue weighted by Crippen LogP contribution is -2.38. The highest BCUT2D eigenvalue weighted by atomic mass is 79.9. The third-order valence-electron chi connectivity index (χ3n) is 6.87. The quantitative estimate of drug-likeness (QED) is 0.318. The molecule has 8 heteroatoms. The smallest absolute Gasteiger partial charge is 0.271 e. The molecular formula is C29H23BrN2O3S2. The standard InChI is InChI=1S/C29H23BrN2O3S2/c1-35-23-14-16(13-22(30)27(23)33)15-24-28(34)32-26(18-7-10-19(36-2)11-8-18)21-12-9-17-5-3-4-6-20(17)25(21)31-29(32)37-24/h3-8,10-11,13-15,26,33H,9,12H2,1-2H3. The highest BCUT2D eigenvalue weighted by Crippen LogP contribution is 2.41. The summed E-state index contributed by atoms with van der Waals surface area (Å²) in [4.78, 5) is 20.9. The van der Waals surface area contributed by atoms with E-state index in [0.29, 0.717) is 19.6 Å². The van der Waals surface area contributed by atoms with E-state index in [2.05, 4.69) is 70.7 Å². The molecule has 5 nitrogen and oxygen atoms in total. The summed E-state index contributed by atoms with van der Waals surface area (Å²) < 4.78 is 8.24. The molecule has 1 N–H and O–H groups in total. The zero-order valence-electron chi connectivity index (χ0n) is 20.2. The van der Waals surface area contributed by atoms with Crippen molar-refractivity contribution in [1.29, 1.82) is 0 Å². The average molecular weight is 592 g/mol. The van der Waals surface area contributed by atoms with Gasteiger partial charge in [0.25, 0.3) is 5.56 Å². The molecule has 0 amide bonds. The molecule has 0 fully saturated rings. The first-order valence-electron chi connectivity index (χ1n) is 11.8. The number of thioether (sulfide) groups is 1. The molecule has 0 spiro atoms. The van der Waals surface area contributed by atoms with Gasteiger partial charge in [0.15, 0.2) is 16.3 Å². The number of thiazole rings is 1. The van der Waals surface area contributed by atoms with Crippen LogP contribution in [0.1, 0.15) is 34.7 Å². The first-order chi connectivity index (χ1) is 18.0. The van der Waals surface area contributed by atoms with Crippen LogP contribution in [0.4, 0.5) is 0 Å². The molecule has 0 saturated heterocycles. The summed E-state index contributed by atoms with van der Waals surface area (Å²) in [5, 5.41) is 10.2. The van der Waals surface area contributed by atoms with Crippen LogP contribution in [-0.4, -0.2) is 23.0 Å². The van der Waals surface area contributed by atoms with Gasteiger partial charge in [-0.2, -0.15) is 0 Å². The largest absolute Gasteiger partial charge is 0.503 e. The summed E-state index contributed by atoms with van der Waals surface area (Å²) in [6.45, 7) is 0. The number of nitrogens with zero attached hydrogens (tertiary/aromatic N) is 2. The summed E-state index contributed by atoms with van der Waals surface area (Å²) in [5.41, 5.74) is 6.38. The third kappa shape index (κ3) is 4.17. The zero-order valence-corrected chi connectivity index (χ0v) is 23.4. The maximum absolute atomic E-state index is 13.9. The van der Waals surface area contributed by atoms with Crippen LogP contribution in [0.25, 0.3) is 11.8 Å². The van der Waals surface area contributed by atoms with E-state index >= 15 is 0 Å². The molecule has 37 heavy (non-hydrogen) atoms. The Morgan fingerprint density at radius 3 is 2.70 bits per heavy atom. The monoisotopic (exact) mass is 590 g/mol. The van der Waals surface area contributed by atoms with Gasteiger partial charge in [-0.1, -0.05) is 47.7 Å². The zero-order chi connectivity index (χ0) is 25.7. The lowest BCUT2D eigenvalue weighted by molar-refractivity contribution is 0.372. The van der Waals surface area contributed by atoms with E-state index in [1.165, 1.54) is 34.5 Å². The number of halogens is 1. The van der Waals surface area contributed by atoms with Crippen molar-refractivity contribution in [3.8, 4) is 11.5 Å². The van der Waals surface area contributed by atoms with E-state index < -0.39 is 0 Å². The molecule has 1 atom stereocenters. The minimum Gasteiger partial charge on any atom is -0.503 e. The van der Waals surface area contributed by atoms with E-state index in [0.717, 1.165) is 35.2 Å². The number of phenolic OH excluding ortho intramolecular Hbond substituents is 1. The van der Waals surface area contributed by atoms with Crippen molar-refractivity contribution in [3.05, 3.63) is 113 Å². The predicted octanol–water partition coefficient (Wildman–Crippen LogP) is 5.52. The SMILES string of the molecule is COc1cc(C=c2sc3n(c2=O)C(c2ccc(SC)cc2)C2=C(N=3)c3ccccc3CC2)cc(Br)c1O. The number of ether oxygens (including phenoxy) is 1. The summed E-state index contributed by atoms with van der Waals surface area (Å²) >= 11 is 6.47. The molecule has 4 aromatic rings. The van der Waals surface area contributed by atoms with Crippen LogP contribution < -0.4 is 19.6 Å². The molecule has 1 unspecified atom stereocenters. The Labute approximate surface area is 230 Å². The maximum Gasteiger partial charge on any atom is 0.271 e. The fourth-order valence-electron chi connectivity index (χ4n) is 5.09. The number of phenols is 1. The number of allylic oxidation sites excluding steroid dienone is 1. The molecule has 1 aliphatic heterocycles. The van der Waals surface area contributed by atoms with Crippen LogP contribution in [-0.2, 0) is 6.42 Å². The Bertz CT molecular complexity index is 1750. The van der Waals surface area contributed by atoms with Gasteiger partial charge in [-0.25, -0.2) is 4.99 Å². The molecule has 0 bridgehead atoms. The van der Waals surface area contributed by atoms with Crippen molar-refractivity contribution in [1.82, 2.24) is 4.57 Å². The van der Waals surface area contributed by atoms with Gasteiger partial charge in [-0.3, -0.25) is 9.36 Å². The number of aromatic nitrogens is 1. The van der Waals surface area contributed by atoms with Crippen molar-refractivity contribution in [2.24, 2.45) is 4.99 Å². The van der Waals surface area contributed by atoms with Crippen LogP contribution in [0.2, 0.25) is 0 Å². The van der Waals surface area contributed by atoms with Gasteiger partial charge in [0, 0.05) is 10.5 Å². The van der Waals surface area contributed by atoms with Crippen molar-refractivity contribution in [3.63, 3.8) is 0 Å². The van der Waals surface area contributed by atoms with Gasteiger partial charge in [-0.15, -0.1) is 11.8 Å². The number of hydrogen-bond acceptors (Lipinski definition) is 6. The molecule has 2 heterocycles. The normalized spacial score (nSPS) is 16.6. The average Bonchev–Trinajstić information content (AvgIpc) is 3.23. The lowest BCUT2D eigenvalue weighted by Gasteiger charge is -2.30. The second-order valence-corrected chi connectivity index (χ2v) is 11.7. The Morgan fingerprint density at radius 2 is 1.95 bits per heavy atom. The van der Waals surface area contributed by atoms with Gasteiger partial charge >= 0.3 is 0 Å². The van der Waals surface area contributed by atoms with E-state index in [1.54, 1.807) is 23.9 Å². The minimum atomic E-state index is -0.209. The summed E-state index contributed by atoms with van der Waals surface area (Å²) in [5.74, 6) is 0.369. The van der Waals surface area contributed by atoms with Gasteiger partial charge in [-0.05, 0) is 87.6 Å². The van der Waals surface area contributed by atoms with E-state index in [1.807, 2.05) is 10.6 Å². The molecule has 3 aromatic carbocycles. The predicted molar refractivity (Wildman–Crippen MR) is 153 cm³/mol. The van der Waals surface area contributed by atoms with Gasteiger partial charge in [0.05, 0.1) is 27.9 Å². The maximum atomic E-state index is 13.9. The van der Waals surface area contributed by atoms with Gasteiger partial charge < -0.3 is 9.84 Å². The highest BCUT2D eigenvalue weighted by Gasteiger charge is 2.32. The number of hydrogen-bond donors (Lipinski definition) is 1. The number of aromatic hydroxyl groups is 1. The third-order valence-corrected chi connectivity index (χ3v) is 9.20. The van der Waals surface area contributed by atoms with Crippen molar-refractivity contribution >= 4 is 50.8 Å². The molecule has 1 aliphatic carbocycles. The molecule has 0 saturated carbocycles. The summed E-state index contributed by atoms with van der Waals surface area (Å²) in [7, 11) is 1.50. The Morgan fingerprint density at radius 1 is 1.16 bits per heavy atom. The number of rotatable bonds is 4. The molecule has 6 rings (SSSR count). The number of aryl methyl sites for hydroxylation is 1. The number of benzene rings is 3. The number of methoxy groups -OCH3 is 1. The Balaban J connectivity index is 1.59. The minimum absolute atomic E-state index is 0.0288. The van der Waals surface area contributed by atoms with E-state index in [-0.39, 0.29) is 17.4 Å². The van der Waals surface area contributed by atoms with Crippen LogP contribution >= 0.6 is 39.0 Å². The Hall–Kier alpha value is -3.07. The molecule has 1 aromatic heterocycles. The summed E-state index contributed by atoms with van der Waals surface area (Å²) in [6.07, 6.45) is 5.68. The molecule has 2 aliphatic rings.